The van der Waals surface area contributed by atoms with E-state index in [4.69, 9.17) is 0 Å². The number of piperidine rings is 1. The third-order valence-electron chi connectivity index (χ3n) is 3.49. The van der Waals surface area contributed by atoms with Crippen molar-refractivity contribution in [3.05, 3.63) is 0 Å². The van der Waals surface area contributed by atoms with Crippen LogP contribution < -0.4 is 5.32 Å². The fourth-order valence-electron chi connectivity index (χ4n) is 2.16. The Hall–Kier alpha value is -0.120. The highest BCUT2D eigenvalue weighted by Gasteiger charge is 2.24. The van der Waals surface area contributed by atoms with Crippen molar-refractivity contribution < 1.29 is 5.11 Å². The van der Waals surface area contributed by atoms with Crippen molar-refractivity contribution in [1.82, 2.24) is 10.2 Å². The van der Waals surface area contributed by atoms with Crippen LogP contribution in [-0.2, 0) is 0 Å². The Morgan fingerprint density at radius 1 is 1.33 bits per heavy atom. The molecular formula is C12H26N2O. The lowest BCUT2D eigenvalue weighted by atomic mass is 10.0. The van der Waals surface area contributed by atoms with Crippen LogP contribution >= 0.6 is 0 Å². The van der Waals surface area contributed by atoms with Crippen molar-refractivity contribution in [3.8, 4) is 0 Å². The molecule has 0 radical (unpaired) electrons. The number of nitrogens with one attached hydrogen (secondary N) is 1. The first-order chi connectivity index (χ1) is 7.15. The molecule has 3 nitrogen and oxygen atoms in total. The van der Waals surface area contributed by atoms with E-state index in [1.165, 1.54) is 19.3 Å². The number of rotatable bonds is 5. The van der Waals surface area contributed by atoms with Gasteiger partial charge in [-0.05, 0) is 39.7 Å². The zero-order chi connectivity index (χ0) is 11.3. The zero-order valence-corrected chi connectivity index (χ0v) is 10.4. The predicted octanol–water partition coefficient (Wildman–Crippen LogP) is 1.22. The Morgan fingerprint density at radius 2 is 1.93 bits per heavy atom. The van der Waals surface area contributed by atoms with Gasteiger partial charge in [-0.3, -0.25) is 4.90 Å². The Morgan fingerprint density at radius 3 is 2.40 bits per heavy atom. The highest BCUT2D eigenvalue weighted by Crippen LogP contribution is 2.14. The quantitative estimate of drug-likeness (QED) is 0.722. The molecule has 0 amide bonds. The second-order valence-electron chi connectivity index (χ2n) is 4.75. The summed E-state index contributed by atoms with van der Waals surface area (Å²) in [7, 11) is 0. The van der Waals surface area contributed by atoms with E-state index in [1.54, 1.807) is 0 Å². The van der Waals surface area contributed by atoms with Gasteiger partial charge >= 0.3 is 0 Å². The summed E-state index contributed by atoms with van der Waals surface area (Å²) in [5.74, 6) is 0. The van der Waals surface area contributed by atoms with E-state index < -0.39 is 0 Å². The van der Waals surface area contributed by atoms with E-state index in [0.717, 1.165) is 19.6 Å². The molecule has 0 aliphatic carbocycles. The third-order valence-corrected chi connectivity index (χ3v) is 3.49. The monoisotopic (exact) mass is 214 g/mol. The number of aliphatic hydroxyl groups excluding tert-OH is 1. The van der Waals surface area contributed by atoms with Gasteiger partial charge in [0.15, 0.2) is 0 Å². The average Bonchev–Trinajstić information content (AvgIpc) is 2.26. The van der Waals surface area contributed by atoms with Gasteiger partial charge in [0, 0.05) is 25.2 Å². The fraction of sp³-hybridized carbons (Fsp3) is 1.00. The van der Waals surface area contributed by atoms with E-state index in [2.05, 4.69) is 24.1 Å². The van der Waals surface area contributed by atoms with E-state index >= 15 is 0 Å². The molecule has 1 rings (SSSR count). The highest BCUT2D eigenvalue weighted by molar-refractivity contribution is 4.81. The Bertz CT molecular complexity index is 165. The second kappa shape index (κ2) is 6.46. The molecule has 2 N–H and O–H groups in total. The number of aliphatic hydroxyl groups is 1. The first kappa shape index (κ1) is 12.9. The van der Waals surface area contributed by atoms with Crippen LogP contribution in [0.3, 0.4) is 0 Å². The number of hydrogen-bond acceptors (Lipinski definition) is 3. The minimum absolute atomic E-state index is 0.217. The molecule has 1 saturated heterocycles. The van der Waals surface area contributed by atoms with Gasteiger partial charge in [0.05, 0.1) is 6.10 Å². The van der Waals surface area contributed by atoms with Crippen LogP contribution in [0.5, 0.6) is 0 Å². The van der Waals surface area contributed by atoms with Crippen molar-refractivity contribution in [2.24, 2.45) is 0 Å². The maximum atomic E-state index is 9.52. The topological polar surface area (TPSA) is 35.5 Å². The van der Waals surface area contributed by atoms with Gasteiger partial charge in [-0.1, -0.05) is 6.92 Å². The van der Waals surface area contributed by atoms with Gasteiger partial charge in [0.2, 0.25) is 0 Å². The first-order valence-electron chi connectivity index (χ1n) is 6.30. The Kier molecular flexibility index (Phi) is 5.58. The molecule has 0 saturated carbocycles. The summed E-state index contributed by atoms with van der Waals surface area (Å²) >= 11 is 0. The van der Waals surface area contributed by atoms with Gasteiger partial charge in [-0.25, -0.2) is 0 Å². The smallest absolute Gasteiger partial charge is 0.0664 e. The van der Waals surface area contributed by atoms with Crippen LogP contribution in [-0.4, -0.2) is 47.8 Å². The molecule has 1 aliphatic heterocycles. The Labute approximate surface area is 93.9 Å². The number of likely N-dealkylation sites (tertiary alicyclic amines) is 1. The van der Waals surface area contributed by atoms with Crippen molar-refractivity contribution >= 4 is 0 Å². The Balaban J connectivity index is 2.23. The summed E-state index contributed by atoms with van der Waals surface area (Å²) in [6.07, 6.45) is 3.43. The summed E-state index contributed by atoms with van der Waals surface area (Å²) in [5.41, 5.74) is 0. The van der Waals surface area contributed by atoms with Crippen LogP contribution in [0.2, 0.25) is 0 Å². The molecule has 0 bridgehead atoms. The average molecular weight is 214 g/mol. The van der Waals surface area contributed by atoms with Gasteiger partial charge in [0.1, 0.15) is 0 Å². The molecule has 1 heterocycles. The van der Waals surface area contributed by atoms with Gasteiger partial charge in [-0.2, -0.15) is 0 Å². The van der Waals surface area contributed by atoms with Crippen LogP contribution in [0.1, 0.15) is 40.0 Å². The maximum Gasteiger partial charge on any atom is 0.0664 e. The molecule has 1 fully saturated rings. The first-order valence-corrected chi connectivity index (χ1v) is 6.30. The van der Waals surface area contributed by atoms with E-state index in [0.29, 0.717) is 12.1 Å². The van der Waals surface area contributed by atoms with Crippen LogP contribution in [0.4, 0.5) is 0 Å². The molecule has 0 spiro atoms. The summed E-state index contributed by atoms with van der Waals surface area (Å²) in [4.78, 5) is 2.40. The SMILES string of the molecule is CCCNC1CCN(C(C)C(C)O)CC1. The summed E-state index contributed by atoms with van der Waals surface area (Å²) < 4.78 is 0. The lowest BCUT2D eigenvalue weighted by molar-refractivity contribution is 0.0528. The van der Waals surface area contributed by atoms with Gasteiger partial charge in [-0.15, -0.1) is 0 Å². The second-order valence-corrected chi connectivity index (χ2v) is 4.75. The number of hydrogen-bond donors (Lipinski definition) is 2. The van der Waals surface area contributed by atoms with Gasteiger partial charge in [0.25, 0.3) is 0 Å². The van der Waals surface area contributed by atoms with Crippen molar-refractivity contribution in [3.63, 3.8) is 0 Å². The molecule has 3 heteroatoms. The van der Waals surface area contributed by atoms with Crippen LogP contribution in [0, 0.1) is 0 Å². The van der Waals surface area contributed by atoms with Crippen molar-refractivity contribution in [1.29, 1.82) is 0 Å². The van der Waals surface area contributed by atoms with Crippen molar-refractivity contribution in [2.45, 2.75) is 58.2 Å². The van der Waals surface area contributed by atoms with Crippen LogP contribution in [0.25, 0.3) is 0 Å². The standard InChI is InChI=1S/C12H26N2O/c1-4-7-13-12-5-8-14(9-6-12)10(2)11(3)15/h10-13,15H,4-9H2,1-3H3. The summed E-state index contributed by atoms with van der Waals surface area (Å²) in [6, 6.07) is 1.000. The van der Waals surface area contributed by atoms with Crippen molar-refractivity contribution in [2.75, 3.05) is 19.6 Å². The highest BCUT2D eigenvalue weighted by atomic mass is 16.3. The van der Waals surface area contributed by atoms with E-state index in [1.807, 2.05) is 6.92 Å². The molecule has 0 aromatic rings. The molecule has 90 valence electrons. The predicted molar refractivity (Wildman–Crippen MR) is 64.0 cm³/mol. The minimum Gasteiger partial charge on any atom is -0.392 e. The molecule has 1 aliphatic rings. The van der Waals surface area contributed by atoms with E-state index in [-0.39, 0.29) is 6.10 Å². The largest absolute Gasteiger partial charge is 0.392 e. The maximum absolute atomic E-state index is 9.52. The molecule has 0 aromatic carbocycles. The summed E-state index contributed by atoms with van der Waals surface area (Å²) in [5, 5.41) is 13.1. The third kappa shape index (κ3) is 4.09. The summed E-state index contributed by atoms with van der Waals surface area (Å²) in [6.45, 7) is 9.58. The lowest BCUT2D eigenvalue weighted by Gasteiger charge is -2.37. The molecule has 0 aromatic heterocycles. The normalized spacial score (nSPS) is 24.0. The van der Waals surface area contributed by atoms with E-state index in [9.17, 15) is 5.11 Å². The molecule has 2 unspecified atom stereocenters. The molecule has 2 atom stereocenters. The fourth-order valence-corrected chi connectivity index (χ4v) is 2.16. The molecule has 15 heavy (non-hydrogen) atoms. The van der Waals surface area contributed by atoms with Gasteiger partial charge < -0.3 is 10.4 Å². The molecular weight excluding hydrogens is 188 g/mol. The number of nitrogens with zero attached hydrogens (tertiary/aromatic N) is 1. The zero-order valence-electron chi connectivity index (χ0n) is 10.4. The lowest BCUT2D eigenvalue weighted by Crippen LogP contribution is -2.48. The minimum atomic E-state index is -0.217. The van der Waals surface area contributed by atoms with Crippen LogP contribution in [0.15, 0.2) is 0 Å².